The predicted octanol–water partition coefficient (Wildman–Crippen LogP) is 1.27. The Kier molecular flexibility index (Phi) is 4.99. The molecule has 1 aromatic rings. The number of carbonyl (C=O) groups excluding carboxylic acids is 3. The number of amides is 1. The van der Waals surface area contributed by atoms with Crippen molar-refractivity contribution >= 4 is 29.4 Å². The zero-order valence-corrected chi connectivity index (χ0v) is 14.3. The molecule has 7 heteroatoms. The molecule has 1 unspecified atom stereocenters. The number of ether oxygens (including phenoxy) is 2. The lowest BCUT2D eigenvalue weighted by atomic mass is 10.0. The Bertz CT molecular complexity index is 630. The molecule has 0 aliphatic carbocycles. The number of benzene rings is 1. The fraction of sp³-hybridized carbons (Fsp3) is 0.438. The first-order chi connectivity index (χ1) is 10.9. The van der Waals surface area contributed by atoms with Crippen LogP contribution in [0.15, 0.2) is 24.3 Å². The van der Waals surface area contributed by atoms with Crippen LogP contribution >= 0.6 is 11.8 Å². The van der Waals surface area contributed by atoms with Gasteiger partial charge in [0.05, 0.1) is 14.2 Å². The lowest BCUT2D eigenvalue weighted by molar-refractivity contribution is -0.151. The second kappa shape index (κ2) is 6.62. The second-order valence-electron chi connectivity index (χ2n) is 5.31. The van der Waals surface area contributed by atoms with Crippen LogP contribution in [0.3, 0.4) is 0 Å². The molecule has 1 heterocycles. The van der Waals surface area contributed by atoms with Crippen LogP contribution in [0.5, 0.6) is 5.75 Å². The van der Waals surface area contributed by atoms with Gasteiger partial charge in [-0.05, 0) is 30.9 Å². The highest BCUT2D eigenvalue weighted by Gasteiger charge is 2.58. The molecular weight excluding hydrogens is 318 g/mol. The van der Waals surface area contributed by atoms with Gasteiger partial charge >= 0.3 is 5.97 Å². The lowest BCUT2D eigenvalue weighted by Gasteiger charge is -2.22. The van der Waals surface area contributed by atoms with Crippen LogP contribution in [0, 0.1) is 0 Å². The summed E-state index contributed by atoms with van der Waals surface area (Å²) in [5, 5.41) is 0. The van der Waals surface area contributed by atoms with E-state index in [1.165, 1.54) is 12.0 Å². The molecule has 1 amide bonds. The Hall–Kier alpha value is -2.02. The Labute approximate surface area is 139 Å². The van der Waals surface area contributed by atoms with Gasteiger partial charge in [0.2, 0.25) is 5.91 Å². The molecule has 23 heavy (non-hydrogen) atoms. The molecule has 0 N–H and O–H groups in total. The zero-order valence-electron chi connectivity index (χ0n) is 13.5. The van der Waals surface area contributed by atoms with E-state index in [4.69, 9.17) is 9.47 Å². The van der Waals surface area contributed by atoms with Crippen molar-refractivity contribution in [1.82, 2.24) is 4.90 Å². The van der Waals surface area contributed by atoms with Gasteiger partial charge in [-0.1, -0.05) is 12.1 Å². The molecule has 0 bridgehead atoms. The summed E-state index contributed by atoms with van der Waals surface area (Å²) in [5.41, 5.74) is 0.797. The molecule has 0 saturated carbocycles. The van der Waals surface area contributed by atoms with Gasteiger partial charge in [-0.25, -0.2) is 4.79 Å². The van der Waals surface area contributed by atoms with Crippen molar-refractivity contribution in [2.45, 2.75) is 24.3 Å². The van der Waals surface area contributed by atoms with Crippen molar-refractivity contribution in [1.29, 1.82) is 0 Å². The van der Waals surface area contributed by atoms with Crippen LogP contribution in [0.4, 0.5) is 0 Å². The predicted molar refractivity (Wildman–Crippen MR) is 86.3 cm³/mol. The van der Waals surface area contributed by atoms with E-state index >= 15 is 0 Å². The van der Waals surface area contributed by atoms with Gasteiger partial charge < -0.3 is 14.4 Å². The monoisotopic (exact) mass is 337 g/mol. The number of hydrogen-bond donors (Lipinski definition) is 0. The molecule has 1 aliphatic heterocycles. The molecule has 6 nitrogen and oxygen atoms in total. The SMILES string of the molecule is COC(=O)C1C(=O)[C@@](C)(SC)C(=O)N1Cc1ccc(OC)cc1. The van der Waals surface area contributed by atoms with Crippen molar-refractivity contribution < 1.29 is 23.9 Å². The fourth-order valence-electron chi connectivity index (χ4n) is 2.52. The second-order valence-corrected chi connectivity index (χ2v) is 6.53. The number of thioether (sulfide) groups is 1. The van der Waals surface area contributed by atoms with Gasteiger partial charge in [0, 0.05) is 6.54 Å². The van der Waals surface area contributed by atoms with Crippen LogP contribution in [0.1, 0.15) is 12.5 Å². The molecule has 2 atom stereocenters. The van der Waals surface area contributed by atoms with Crippen LogP contribution in [0.2, 0.25) is 0 Å². The first-order valence-corrected chi connectivity index (χ1v) is 8.22. The van der Waals surface area contributed by atoms with Crippen LogP contribution in [-0.4, -0.2) is 53.8 Å². The quantitative estimate of drug-likeness (QED) is 0.595. The third-order valence-electron chi connectivity index (χ3n) is 4.04. The van der Waals surface area contributed by atoms with Gasteiger partial charge in [0.25, 0.3) is 0 Å². The maximum absolute atomic E-state index is 12.7. The van der Waals surface area contributed by atoms with Gasteiger partial charge in [-0.2, -0.15) is 0 Å². The number of carbonyl (C=O) groups is 3. The zero-order chi connectivity index (χ0) is 17.2. The highest BCUT2D eigenvalue weighted by molar-refractivity contribution is 8.01. The van der Waals surface area contributed by atoms with Crippen molar-refractivity contribution in [2.75, 3.05) is 20.5 Å². The lowest BCUT2D eigenvalue weighted by Crippen LogP contribution is -2.41. The number of ketones is 1. The number of rotatable bonds is 5. The van der Waals surface area contributed by atoms with E-state index in [9.17, 15) is 14.4 Å². The van der Waals surface area contributed by atoms with E-state index in [-0.39, 0.29) is 12.5 Å². The van der Waals surface area contributed by atoms with Crippen LogP contribution < -0.4 is 4.74 Å². The summed E-state index contributed by atoms with van der Waals surface area (Å²) in [5.74, 6) is -0.831. The number of nitrogens with zero attached hydrogens (tertiary/aromatic N) is 1. The van der Waals surface area contributed by atoms with Crippen LogP contribution in [0.25, 0.3) is 0 Å². The van der Waals surface area contributed by atoms with Crippen molar-refractivity contribution in [2.24, 2.45) is 0 Å². The third-order valence-corrected chi connectivity index (χ3v) is 5.24. The first-order valence-electron chi connectivity index (χ1n) is 7.00. The van der Waals surface area contributed by atoms with Gasteiger partial charge in [-0.3, -0.25) is 9.59 Å². The smallest absolute Gasteiger partial charge is 0.336 e. The normalized spacial score (nSPS) is 24.0. The maximum atomic E-state index is 12.7. The Morgan fingerprint density at radius 1 is 1.26 bits per heavy atom. The molecule has 0 radical (unpaired) electrons. The summed E-state index contributed by atoms with van der Waals surface area (Å²) in [6, 6.07) is 5.91. The van der Waals surface area contributed by atoms with E-state index in [1.807, 2.05) is 0 Å². The molecule has 0 aromatic heterocycles. The fourth-order valence-corrected chi connectivity index (χ4v) is 3.13. The Morgan fingerprint density at radius 2 is 1.87 bits per heavy atom. The molecule has 1 aromatic carbocycles. The topological polar surface area (TPSA) is 72.9 Å². The summed E-state index contributed by atoms with van der Waals surface area (Å²) in [7, 11) is 2.77. The molecule has 124 valence electrons. The maximum Gasteiger partial charge on any atom is 0.336 e. The molecule has 1 aliphatic rings. The first kappa shape index (κ1) is 17.3. The van der Waals surface area contributed by atoms with Crippen molar-refractivity contribution in [3.63, 3.8) is 0 Å². The van der Waals surface area contributed by atoms with E-state index in [1.54, 1.807) is 44.6 Å². The van der Waals surface area contributed by atoms with Gasteiger partial charge in [-0.15, -0.1) is 11.8 Å². The standard InChI is InChI=1S/C16H19NO5S/c1-16(23-4)13(18)12(14(19)22-3)17(15(16)20)9-10-5-7-11(21-2)8-6-10/h5-8,12H,9H2,1-4H3/t12?,16-/m1/s1. The Morgan fingerprint density at radius 3 is 2.35 bits per heavy atom. The van der Waals surface area contributed by atoms with Gasteiger partial charge in [0.15, 0.2) is 16.6 Å². The summed E-state index contributed by atoms with van der Waals surface area (Å²) in [4.78, 5) is 38.5. The van der Waals surface area contributed by atoms with E-state index in [0.29, 0.717) is 5.75 Å². The number of Topliss-reactive ketones (excluding diaryl/α,β-unsaturated/α-hetero) is 1. The summed E-state index contributed by atoms with van der Waals surface area (Å²) in [6.07, 6.45) is 1.68. The summed E-state index contributed by atoms with van der Waals surface area (Å²) in [6.45, 7) is 1.71. The molecule has 1 fully saturated rings. The third kappa shape index (κ3) is 2.93. The van der Waals surface area contributed by atoms with E-state index < -0.39 is 22.5 Å². The number of esters is 1. The van der Waals surface area contributed by atoms with Crippen molar-refractivity contribution in [3.05, 3.63) is 29.8 Å². The minimum absolute atomic E-state index is 0.157. The minimum Gasteiger partial charge on any atom is -0.497 e. The molecule has 0 spiro atoms. The number of methoxy groups -OCH3 is 2. The average molecular weight is 337 g/mol. The highest BCUT2D eigenvalue weighted by atomic mass is 32.2. The summed E-state index contributed by atoms with van der Waals surface area (Å²) >= 11 is 1.13. The average Bonchev–Trinajstić information content (AvgIpc) is 2.76. The van der Waals surface area contributed by atoms with Crippen molar-refractivity contribution in [3.8, 4) is 5.75 Å². The number of likely N-dealkylation sites (tertiary alicyclic amines) is 1. The molecular formula is C16H19NO5S. The van der Waals surface area contributed by atoms with E-state index in [0.717, 1.165) is 17.3 Å². The van der Waals surface area contributed by atoms with Crippen LogP contribution in [-0.2, 0) is 25.7 Å². The number of hydrogen-bond acceptors (Lipinski definition) is 6. The summed E-state index contributed by atoms with van der Waals surface area (Å²) < 4.78 is 8.55. The molecule has 2 rings (SSSR count). The van der Waals surface area contributed by atoms with Gasteiger partial charge in [0.1, 0.15) is 5.75 Å². The van der Waals surface area contributed by atoms with E-state index in [2.05, 4.69) is 0 Å². The minimum atomic E-state index is -1.26. The molecule has 1 saturated heterocycles. The Balaban J connectivity index is 2.34. The highest BCUT2D eigenvalue weighted by Crippen LogP contribution is 2.36. The largest absolute Gasteiger partial charge is 0.497 e.